The Morgan fingerprint density at radius 1 is 1.32 bits per heavy atom. The molecule has 0 fully saturated rings. The molecule has 0 bridgehead atoms. The zero-order valence-corrected chi connectivity index (χ0v) is 13.2. The summed E-state index contributed by atoms with van der Waals surface area (Å²) in [6, 6.07) is 4.79. The van der Waals surface area contributed by atoms with Crippen LogP contribution in [0.4, 0.5) is 4.39 Å². The van der Waals surface area contributed by atoms with Crippen molar-refractivity contribution < 1.29 is 13.9 Å². The fraction of sp³-hybridized carbons (Fsp3) is 0.353. The number of hydrogen-bond donors (Lipinski definition) is 0. The van der Waals surface area contributed by atoms with E-state index in [9.17, 15) is 9.18 Å². The van der Waals surface area contributed by atoms with Gasteiger partial charge in [0, 0.05) is 19.6 Å². The number of rotatable bonds is 9. The van der Waals surface area contributed by atoms with E-state index in [0.717, 1.165) is 5.56 Å². The van der Waals surface area contributed by atoms with E-state index >= 15 is 0 Å². The Labute approximate surface area is 131 Å². The highest BCUT2D eigenvalue weighted by molar-refractivity contribution is 5.78. The lowest BCUT2D eigenvalue weighted by molar-refractivity contribution is -0.131. The van der Waals surface area contributed by atoms with Crippen molar-refractivity contribution in [2.24, 2.45) is 0 Å². The van der Waals surface area contributed by atoms with Gasteiger partial charge < -0.3 is 9.64 Å². The number of benzene rings is 1. The van der Waals surface area contributed by atoms with Crippen LogP contribution in [0.1, 0.15) is 5.56 Å². The monoisotopic (exact) mass is 306 g/mol. The maximum Gasteiger partial charge on any atom is 0.237 e. The van der Waals surface area contributed by atoms with Crippen molar-refractivity contribution in [3.8, 4) is 5.75 Å². The van der Waals surface area contributed by atoms with Crippen LogP contribution in [0.3, 0.4) is 0 Å². The molecule has 22 heavy (non-hydrogen) atoms. The second-order valence-corrected chi connectivity index (χ2v) is 5.02. The van der Waals surface area contributed by atoms with Crippen LogP contribution in [0, 0.1) is 5.82 Å². The van der Waals surface area contributed by atoms with Crippen molar-refractivity contribution in [3.05, 3.63) is 54.9 Å². The predicted molar refractivity (Wildman–Crippen MR) is 86.3 cm³/mol. The fourth-order valence-corrected chi connectivity index (χ4v) is 2.10. The summed E-state index contributed by atoms with van der Waals surface area (Å²) in [5, 5.41) is 0. The lowest BCUT2D eigenvalue weighted by atomic mass is 10.2. The lowest BCUT2D eigenvalue weighted by Crippen LogP contribution is -2.39. The third-order valence-electron chi connectivity index (χ3n) is 3.13. The molecule has 0 radical (unpaired) electrons. The van der Waals surface area contributed by atoms with Crippen LogP contribution in [-0.2, 0) is 11.3 Å². The zero-order chi connectivity index (χ0) is 16.5. The molecule has 0 atom stereocenters. The summed E-state index contributed by atoms with van der Waals surface area (Å²) >= 11 is 0. The molecular formula is C17H23FN2O2. The number of amides is 1. The molecule has 0 aliphatic rings. The van der Waals surface area contributed by atoms with Gasteiger partial charge in [-0.05, 0) is 24.7 Å². The summed E-state index contributed by atoms with van der Waals surface area (Å²) in [4.78, 5) is 15.7. The molecule has 0 unspecified atom stereocenters. The molecule has 0 aliphatic carbocycles. The summed E-state index contributed by atoms with van der Waals surface area (Å²) in [5.41, 5.74) is 0.785. The van der Waals surface area contributed by atoms with Crippen molar-refractivity contribution >= 4 is 5.91 Å². The summed E-state index contributed by atoms with van der Waals surface area (Å²) < 4.78 is 18.5. The third kappa shape index (κ3) is 5.33. The number of methoxy groups -OCH3 is 1. The Morgan fingerprint density at radius 3 is 2.45 bits per heavy atom. The predicted octanol–water partition coefficient (Wildman–Crippen LogP) is 2.47. The van der Waals surface area contributed by atoms with E-state index in [4.69, 9.17) is 4.74 Å². The van der Waals surface area contributed by atoms with Crippen LogP contribution in [0.25, 0.3) is 0 Å². The third-order valence-corrected chi connectivity index (χ3v) is 3.13. The number of likely N-dealkylation sites (N-methyl/N-ethyl adjacent to an activating group) is 1. The fourth-order valence-electron chi connectivity index (χ4n) is 2.10. The largest absolute Gasteiger partial charge is 0.494 e. The topological polar surface area (TPSA) is 32.8 Å². The molecule has 0 aliphatic heterocycles. The summed E-state index contributed by atoms with van der Waals surface area (Å²) in [6.45, 7) is 8.97. The van der Waals surface area contributed by atoms with Crippen molar-refractivity contribution in [3.63, 3.8) is 0 Å². The van der Waals surface area contributed by atoms with E-state index in [-0.39, 0.29) is 18.2 Å². The normalized spacial score (nSPS) is 10.4. The molecule has 120 valence electrons. The van der Waals surface area contributed by atoms with Gasteiger partial charge in [0.1, 0.15) is 0 Å². The molecule has 4 nitrogen and oxygen atoms in total. The number of ether oxygens (including phenoxy) is 1. The van der Waals surface area contributed by atoms with E-state index in [1.54, 1.807) is 29.2 Å². The number of halogens is 1. The van der Waals surface area contributed by atoms with Gasteiger partial charge in [-0.25, -0.2) is 4.39 Å². The maximum atomic E-state index is 13.7. The molecule has 0 heterocycles. The first-order chi connectivity index (χ1) is 10.5. The van der Waals surface area contributed by atoms with Crippen molar-refractivity contribution in [2.45, 2.75) is 6.54 Å². The average molecular weight is 306 g/mol. The summed E-state index contributed by atoms with van der Waals surface area (Å²) in [6.07, 6.45) is 3.36. The Hall–Kier alpha value is -2.14. The van der Waals surface area contributed by atoms with E-state index in [1.165, 1.54) is 13.2 Å². The maximum absolute atomic E-state index is 13.7. The number of nitrogens with zero attached hydrogens (tertiary/aromatic N) is 2. The van der Waals surface area contributed by atoms with Gasteiger partial charge in [0.25, 0.3) is 0 Å². The summed E-state index contributed by atoms with van der Waals surface area (Å²) in [7, 11) is 3.25. The Bertz CT molecular complexity index is 521. The highest BCUT2D eigenvalue weighted by atomic mass is 19.1. The number of carbonyl (C=O) groups excluding carboxylic acids is 1. The summed E-state index contributed by atoms with van der Waals surface area (Å²) in [5.74, 6) is -0.207. The first kappa shape index (κ1) is 17.9. The van der Waals surface area contributed by atoms with Crippen LogP contribution >= 0.6 is 0 Å². The molecule has 1 aromatic rings. The van der Waals surface area contributed by atoms with Gasteiger partial charge >= 0.3 is 0 Å². The highest BCUT2D eigenvalue weighted by Gasteiger charge is 2.14. The molecule has 0 spiro atoms. The van der Waals surface area contributed by atoms with Gasteiger partial charge in [-0.2, -0.15) is 0 Å². The standard InChI is InChI=1S/C17H23FN2O2/c1-5-9-20(10-6-2)17(21)13-19(3)12-14-7-8-16(22-4)15(18)11-14/h5-8,11H,1-2,9-10,12-13H2,3-4H3. The molecule has 1 rings (SSSR count). The smallest absolute Gasteiger partial charge is 0.237 e. The van der Waals surface area contributed by atoms with Gasteiger partial charge in [-0.3, -0.25) is 9.69 Å². The second kappa shape index (κ2) is 9.00. The molecule has 5 heteroatoms. The van der Waals surface area contributed by atoms with Gasteiger partial charge in [-0.1, -0.05) is 18.2 Å². The molecule has 0 saturated heterocycles. The van der Waals surface area contributed by atoms with Gasteiger partial charge in [0.15, 0.2) is 11.6 Å². The number of hydrogen-bond acceptors (Lipinski definition) is 3. The SMILES string of the molecule is C=CCN(CC=C)C(=O)CN(C)Cc1ccc(OC)c(F)c1. The van der Waals surface area contributed by atoms with Gasteiger partial charge in [0.05, 0.1) is 13.7 Å². The minimum atomic E-state index is -0.403. The van der Waals surface area contributed by atoms with E-state index in [2.05, 4.69) is 13.2 Å². The molecule has 0 aromatic heterocycles. The Balaban J connectivity index is 2.62. The minimum Gasteiger partial charge on any atom is -0.494 e. The molecule has 1 amide bonds. The molecule has 1 aromatic carbocycles. The first-order valence-corrected chi connectivity index (χ1v) is 7.02. The van der Waals surface area contributed by atoms with E-state index < -0.39 is 5.82 Å². The van der Waals surface area contributed by atoms with Crippen LogP contribution in [0.5, 0.6) is 5.75 Å². The molecule has 0 saturated carbocycles. The van der Waals surface area contributed by atoms with Crippen LogP contribution in [0.2, 0.25) is 0 Å². The second-order valence-electron chi connectivity index (χ2n) is 5.02. The van der Waals surface area contributed by atoms with Crippen LogP contribution < -0.4 is 4.74 Å². The van der Waals surface area contributed by atoms with Crippen LogP contribution in [-0.4, -0.2) is 49.5 Å². The first-order valence-electron chi connectivity index (χ1n) is 7.02. The average Bonchev–Trinajstić information content (AvgIpc) is 2.47. The number of carbonyl (C=O) groups is 1. The molecule has 0 N–H and O–H groups in total. The Kier molecular flexibility index (Phi) is 7.32. The van der Waals surface area contributed by atoms with Gasteiger partial charge in [-0.15, -0.1) is 13.2 Å². The van der Waals surface area contributed by atoms with Gasteiger partial charge in [0.2, 0.25) is 5.91 Å². The van der Waals surface area contributed by atoms with Crippen molar-refractivity contribution in [2.75, 3.05) is 33.8 Å². The zero-order valence-electron chi connectivity index (χ0n) is 13.2. The minimum absolute atomic E-state index is 0.0173. The van der Waals surface area contributed by atoms with Crippen LogP contribution in [0.15, 0.2) is 43.5 Å². The lowest BCUT2D eigenvalue weighted by Gasteiger charge is -2.23. The molecular weight excluding hydrogens is 283 g/mol. The van der Waals surface area contributed by atoms with Crippen molar-refractivity contribution in [1.82, 2.24) is 9.80 Å². The Morgan fingerprint density at radius 2 is 1.95 bits per heavy atom. The van der Waals surface area contributed by atoms with Crippen molar-refractivity contribution in [1.29, 1.82) is 0 Å². The highest BCUT2D eigenvalue weighted by Crippen LogP contribution is 2.18. The van der Waals surface area contributed by atoms with E-state index in [1.807, 2.05) is 11.9 Å². The van der Waals surface area contributed by atoms with E-state index in [0.29, 0.717) is 19.6 Å². The quantitative estimate of drug-likeness (QED) is 0.657.